The Balaban J connectivity index is 2.11. The molecule has 0 saturated heterocycles. The van der Waals surface area contributed by atoms with Gasteiger partial charge in [0.2, 0.25) is 0 Å². The lowest BCUT2D eigenvalue weighted by molar-refractivity contribution is 0.0948. The number of amides is 1. The third kappa shape index (κ3) is 4.96. The van der Waals surface area contributed by atoms with Gasteiger partial charge in [0, 0.05) is 23.9 Å². The summed E-state index contributed by atoms with van der Waals surface area (Å²) in [6, 6.07) is 3.79. The Labute approximate surface area is 105 Å². The van der Waals surface area contributed by atoms with Gasteiger partial charge < -0.3 is 10.1 Å². The lowest BCUT2D eigenvalue weighted by atomic mass is 10.4. The number of halogens is 1. The first-order chi connectivity index (χ1) is 7.74. The summed E-state index contributed by atoms with van der Waals surface area (Å²) in [5.41, 5.74) is 0. The number of carbonyl (C=O) groups excluding carboxylic acids is 1. The summed E-state index contributed by atoms with van der Waals surface area (Å²) < 4.78 is 5.19. The number of nitrogens with one attached hydrogen (secondary N) is 1. The van der Waals surface area contributed by atoms with Crippen molar-refractivity contribution < 1.29 is 9.53 Å². The molecule has 0 aliphatic carbocycles. The minimum Gasteiger partial charge on any atom is -0.380 e. The van der Waals surface area contributed by atoms with Crippen LogP contribution in [0, 0.1) is 6.92 Å². The molecule has 0 unspecified atom stereocenters. The average Bonchev–Trinajstić information content (AvgIpc) is 2.70. The van der Waals surface area contributed by atoms with Crippen LogP contribution < -0.4 is 5.32 Å². The van der Waals surface area contributed by atoms with Crippen molar-refractivity contribution in [1.29, 1.82) is 0 Å². The van der Waals surface area contributed by atoms with E-state index in [-0.39, 0.29) is 5.91 Å². The van der Waals surface area contributed by atoms with Gasteiger partial charge in [0.15, 0.2) is 0 Å². The van der Waals surface area contributed by atoms with E-state index in [2.05, 4.69) is 5.32 Å². The van der Waals surface area contributed by atoms with Crippen molar-refractivity contribution in [2.45, 2.75) is 13.3 Å². The maximum Gasteiger partial charge on any atom is 0.261 e. The first kappa shape index (κ1) is 13.5. The van der Waals surface area contributed by atoms with E-state index < -0.39 is 0 Å². The second kappa shape index (κ2) is 7.65. The summed E-state index contributed by atoms with van der Waals surface area (Å²) >= 11 is 6.96. The SMILES string of the molecule is Cc1ccc(C(=O)NCCCOCCCl)s1. The zero-order chi connectivity index (χ0) is 11.8. The molecule has 16 heavy (non-hydrogen) atoms. The van der Waals surface area contributed by atoms with Crippen molar-refractivity contribution in [2.75, 3.05) is 25.6 Å². The van der Waals surface area contributed by atoms with E-state index in [0.717, 1.165) is 16.2 Å². The third-order valence-corrected chi connectivity index (χ3v) is 3.09. The molecule has 0 aromatic carbocycles. The second-order valence-electron chi connectivity index (χ2n) is 3.32. The van der Waals surface area contributed by atoms with Crippen LogP contribution in [-0.2, 0) is 4.74 Å². The minimum absolute atomic E-state index is 0.00422. The predicted molar refractivity (Wildman–Crippen MR) is 67.5 cm³/mol. The molecular weight excluding hydrogens is 246 g/mol. The fourth-order valence-electron chi connectivity index (χ4n) is 1.18. The van der Waals surface area contributed by atoms with Gasteiger partial charge in [0.1, 0.15) is 0 Å². The number of aryl methyl sites for hydroxylation is 1. The number of carbonyl (C=O) groups is 1. The van der Waals surface area contributed by atoms with E-state index in [0.29, 0.717) is 25.6 Å². The van der Waals surface area contributed by atoms with Crippen molar-refractivity contribution in [3.05, 3.63) is 21.9 Å². The van der Waals surface area contributed by atoms with E-state index in [4.69, 9.17) is 16.3 Å². The molecule has 1 aromatic heterocycles. The number of ether oxygens (including phenoxy) is 1. The van der Waals surface area contributed by atoms with E-state index in [1.807, 2.05) is 19.1 Å². The van der Waals surface area contributed by atoms with Gasteiger partial charge in [-0.05, 0) is 25.5 Å². The lowest BCUT2D eigenvalue weighted by Crippen LogP contribution is -2.24. The van der Waals surface area contributed by atoms with Gasteiger partial charge in [0.25, 0.3) is 5.91 Å². The largest absolute Gasteiger partial charge is 0.380 e. The van der Waals surface area contributed by atoms with Gasteiger partial charge in [0.05, 0.1) is 11.5 Å². The Morgan fingerprint density at radius 2 is 2.31 bits per heavy atom. The fourth-order valence-corrected chi connectivity index (χ4v) is 2.07. The predicted octanol–water partition coefficient (Wildman–Crippen LogP) is 2.43. The zero-order valence-electron chi connectivity index (χ0n) is 9.29. The highest BCUT2D eigenvalue weighted by molar-refractivity contribution is 7.13. The summed E-state index contributed by atoms with van der Waals surface area (Å²) in [5.74, 6) is 0.510. The molecule has 1 aromatic rings. The normalized spacial score (nSPS) is 10.4. The maximum absolute atomic E-state index is 11.6. The molecule has 0 bridgehead atoms. The first-order valence-corrected chi connectivity index (χ1v) is 6.57. The highest BCUT2D eigenvalue weighted by Gasteiger charge is 2.06. The standard InChI is InChI=1S/C11H16ClNO2S/c1-9-3-4-10(16-9)11(14)13-6-2-7-15-8-5-12/h3-4H,2,5-8H2,1H3,(H,13,14). The molecule has 1 rings (SSSR count). The van der Waals surface area contributed by atoms with Crippen LogP contribution in [0.5, 0.6) is 0 Å². The summed E-state index contributed by atoms with van der Waals surface area (Å²) in [6.07, 6.45) is 0.812. The molecule has 1 N–H and O–H groups in total. The zero-order valence-corrected chi connectivity index (χ0v) is 10.9. The molecule has 3 nitrogen and oxygen atoms in total. The van der Waals surface area contributed by atoms with Gasteiger partial charge in [-0.25, -0.2) is 0 Å². The molecule has 0 spiro atoms. The summed E-state index contributed by atoms with van der Waals surface area (Å²) in [7, 11) is 0. The van der Waals surface area contributed by atoms with Crippen LogP contribution in [0.15, 0.2) is 12.1 Å². The summed E-state index contributed by atoms with van der Waals surface area (Å²) in [5, 5.41) is 2.85. The number of thiophene rings is 1. The van der Waals surface area contributed by atoms with Gasteiger partial charge in [-0.15, -0.1) is 22.9 Å². The molecule has 1 amide bonds. The molecule has 0 atom stereocenters. The topological polar surface area (TPSA) is 38.3 Å². The molecule has 0 fully saturated rings. The van der Waals surface area contributed by atoms with Crippen LogP contribution in [0.25, 0.3) is 0 Å². The molecule has 0 saturated carbocycles. The minimum atomic E-state index is -0.00422. The number of hydrogen-bond donors (Lipinski definition) is 1. The Bertz CT molecular complexity index is 328. The van der Waals surface area contributed by atoms with Gasteiger partial charge in [-0.1, -0.05) is 0 Å². The van der Waals surface area contributed by atoms with Crippen LogP contribution in [0.3, 0.4) is 0 Å². The van der Waals surface area contributed by atoms with Crippen LogP contribution in [0.4, 0.5) is 0 Å². The van der Waals surface area contributed by atoms with Gasteiger partial charge in [-0.3, -0.25) is 4.79 Å². The van der Waals surface area contributed by atoms with Crippen molar-refractivity contribution in [1.82, 2.24) is 5.32 Å². The Morgan fingerprint density at radius 3 is 2.94 bits per heavy atom. The lowest BCUT2D eigenvalue weighted by Gasteiger charge is -2.03. The summed E-state index contributed by atoms with van der Waals surface area (Å²) in [6.45, 7) is 3.83. The van der Waals surface area contributed by atoms with Gasteiger partial charge in [-0.2, -0.15) is 0 Å². The van der Waals surface area contributed by atoms with Crippen LogP contribution in [0.2, 0.25) is 0 Å². The van der Waals surface area contributed by atoms with E-state index in [1.165, 1.54) is 11.3 Å². The summed E-state index contributed by atoms with van der Waals surface area (Å²) in [4.78, 5) is 13.5. The van der Waals surface area contributed by atoms with E-state index in [1.54, 1.807) is 0 Å². The second-order valence-corrected chi connectivity index (χ2v) is 4.99. The van der Waals surface area contributed by atoms with Crippen LogP contribution >= 0.6 is 22.9 Å². The number of rotatable bonds is 7. The highest BCUT2D eigenvalue weighted by Crippen LogP contribution is 2.14. The van der Waals surface area contributed by atoms with E-state index >= 15 is 0 Å². The molecular formula is C11H16ClNO2S. The van der Waals surface area contributed by atoms with Crippen molar-refractivity contribution in [2.24, 2.45) is 0 Å². The molecule has 0 aliphatic rings. The van der Waals surface area contributed by atoms with Crippen molar-refractivity contribution >= 4 is 28.8 Å². The monoisotopic (exact) mass is 261 g/mol. The molecule has 90 valence electrons. The quantitative estimate of drug-likeness (QED) is 0.605. The maximum atomic E-state index is 11.6. The van der Waals surface area contributed by atoms with E-state index in [9.17, 15) is 4.79 Å². The Kier molecular flexibility index (Phi) is 6.45. The Morgan fingerprint density at radius 1 is 1.50 bits per heavy atom. The smallest absolute Gasteiger partial charge is 0.261 e. The molecule has 5 heteroatoms. The Hall–Kier alpha value is -0.580. The number of hydrogen-bond acceptors (Lipinski definition) is 3. The highest BCUT2D eigenvalue weighted by atomic mass is 35.5. The van der Waals surface area contributed by atoms with Crippen LogP contribution in [-0.4, -0.2) is 31.5 Å². The number of alkyl halides is 1. The third-order valence-electron chi connectivity index (χ3n) is 1.94. The molecule has 1 heterocycles. The fraction of sp³-hybridized carbons (Fsp3) is 0.545. The van der Waals surface area contributed by atoms with Crippen molar-refractivity contribution in [3.8, 4) is 0 Å². The average molecular weight is 262 g/mol. The van der Waals surface area contributed by atoms with Crippen molar-refractivity contribution in [3.63, 3.8) is 0 Å². The van der Waals surface area contributed by atoms with Gasteiger partial charge >= 0.3 is 0 Å². The van der Waals surface area contributed by atoms with Crippen LogP contribution in [0.1, 0.15) is 21.0 Å². The molecule has 0 aliphatic heterocycles. The molecule has 0 radical (unpaired) electrons. The first-order valence-electron chi connectivity index (χ1n) is 5.22.